The number of methoxy groups -OCH3 is 1. The largest absolute Gasteiger partial charge is 0.480 e. The van der Waals surface area contributed by atoms with E-state index in [-0.39, 0.29) is 18.1 Å². The van der Waals surface area contributed by atoms with Gasteiger partial charge in [0.05, 0.1) is 19.7 Å². The monoisotopic (exact) mass is 544 g/mol. The van der Waals surface area contributed by atoms with Gasteiger partial charge in [-0.1, -0.05) is 19.1 Å². The fourth-order valence-corrected chi connectivity index (χ4v) is 4.21. The van der Waals surface area contributed by atoms with E-state index in [2.05, 4.69) is 20.6 Å². The fourth-order valence-electron chi connectivity index (χ4n) is 4.21. The van der Waals surface area contributed by atoms with Crippen molar-refractivity contribution in [3.8, 4) is 5.88 Å². The van der Waals surface area contributed by atoms with Gasteiger partial charge in [-0.3, -0.25) is 10.2 Å². The van der Waals surface area contributed by atoms with E-state index in [1.54, 1.807) is 0 Å². The number of benzene rings is 1. The highest BCUT2D eigenvalue weighted by molar-refractivity contribution is 6.54. The number of nitrogens with zero attached hydrogens (tertiary/aromatic N) is 3. The molecule has 0 radical (unpaired) electrons. The lowest BCUT2D eigenvalue weighted by Crippen LogP contribution is -2.58. The summed E-state index contributed by atoms with van der Waals surface area (Å²) in [5.74, 6) is -6.52. The molecular weight excluding hydrogens is 518 g/mol. The quantitative estimate of drug-likeness (QED) is 0.340. The standard InChI is InChI=1S/C24H26F6N6O2/c1-13-8-23(26,27)12-36(21(37)19(31)16(9-32-2)14-4-6-15(25)7-5-14)18(13)11-34-22-33-10-17(24(28,29)30)20(35-22)38-3/h4-7,9-10,13,18,31-32H,8,11-12H2,1-3H3,(H,33,34,35)/b16-9-,31-19?/t13?,18-/m1/s1. The average molecular weight is 545 g/mol. The van der Waals surface area contributed by atoms with Crippen LogP contribution in [0.3, 0.4) is 0 Å². The first-order chi connectivity index (χ1) is 17.8. The molecule has 1 aromatic carbocycles. The van der Waals surface area contributed by atoms with Gasteiger partial charge in [0.15, 0.2) is 0 Å². The Morgan fingerprint density at radius 1 is 1.29 bits per heavy atom. The first-order valence-corrected chi connectivity index (χ1v) is 11.4. The van der Waals surface area contributed by atoms with Crippen LogP contribution in [0.2, 0.25) is 0 Å². The van der Waals surface area contributed by atoms with Gasteiger partial charge in [-0.25, -0.2) is 18.2 Å². The molecule has 0 saturated carbocycles. The van der Waals surface area contributed by atoms with Crippen LogP contribution in [0.4, 0.5) is 32.3 Å². The Balaban J connectivity index is 1.87. The Kier molecular flexibility index (Phi) is 8.52. The predicted octanol–water partition coefficient (Wildman–Crippen LogP) is 4.21. The number of rotatable bonds is 8. The Morgan fingerprint density at radius 2 is 1.95 bits per heavy atom. The van der Waals surface area contributed by atoms with Gasteiger partial charge in [0.2, 0.25) is 11.8 Å². The summed E-state index contributed by atoms with van der Waals surface area (Å²) >= 11 is 0. The maximum absolute atomic E-state index is 14.5. The molecule has 0 spiro atoms. The number of carbonyl (C=O) groups excluding carboxylic acids is 1. The minimum atomic E-state index is -4.75. The van der Waals surface area contributed by atoms with Gasteiger partial charge >= 0.3 is 6.18 Å². The lowest BCUT2D eigenvalue weighted by molar-refractivity contribution is -0.145. The van der Waals surface area contributed by atoms with E-state index in [1.807, 2.05) is 0 Å². The van der Waals surface area contributed by atoms with Crippen LogP contribution in [0.15, 0.2) is 36.7 Å². The first kappa shape index (κ1) is 28.7. The van der Waals surface area contributed by atoms with Crippen LogP contribution in [0.25, 0.3) is 5.57 Å². The third-order valence-electron chi connectivity index (χ3n) is 5.99. The molecule has 1 fully saturated rings. The Hall–Kier alpha value is -3.84. The molecule has 0 bridgehead atoms. The molecule has 1 aliphatic heterocycles. The smallest absolute Gasteiger partial charge is 0.423 e. The van der Waals surface area contributed by atoms with Gasteiger partial charge in [0, 0.05) is 38.0 Å². The summed E-state index contributed by atoms with van der Waals surface area (Å²) in [6.07, 6.45) is -3.44. The number of likely N-dealkylation sites (tertiary alicyclic amines) is 1. The third-order valence-corrected chi connectivity index (χ3v) is 5.99. The van der Waals surface area contributed by atoms with Gasteiger partial charge in [-0.15, -0.1) is 0 Å². The highest BCUT2D eigenvalue weighted by Crippen LogP contribution is 2.36. The first-order valence-electron chi connectivity index (χ1n) is 11.4. The van der Waals surface area contributed by atoms with Gasteiger partial charge < -0.3 is 20.3 Å². The average Bonchev–Trinajstić information content (AvgIpc) is 2.85. The molecule has 8 nitrogen and oxygen atoms in total. The lowest BCUT2D eigenvalue weighted by Gasteiger charge is -2.43. The third kappa shape index (κ3) is 6.53. The van der Waals surface area contributed by atoms with Gasteiger partial charge in [0.1, 0.15) is 17.1 Å². The summed E-state index contributed by atoms with van der Waals surface area (Å²) in [5.41, 5.74) is -1.42. The van der Waals surface area contributed by atoms with E-state index in [9.17, 15) is 31.1 Å². The van der Waals surface area contributed by atoms with E-state index in [0.29, 0.717) is 11.8 Å². The molecule has 1 unspecified atom stereocenters. The zero-order valence-electron chi connectivity index (χ0n) is 20.7. The van der Waals surface area contributed by atoms with E-state index in [4.69, 9.17) is 10.1 Å². The number of hydrogen-bond acceptors (Lipinski definition) is 7. The molecule has 3 N–H and O–H groups in total. The van der Waals surface area contributed by atoms with Crippen molar-refractivity contribution in [2.75, 3.05) is 32.6 Å². The number of amides is 1. The summed E-state index contributed by atoms with van der Waals surface area (Å²) < 4.78 is 86.5. The minimum absolute atomic E-state index is 0.0570. The topological polar surface area (TPSA) is 103 Å². The van der Waals surface area contributed by atoms with Crippen LogP contribution in [-0.2, 0) is 11.0 Å². The lowest BCUT2D eigenvalue weighted by atomic mass is 9.87. The van der Waals surface area contributed by atoms with Crippen molar-refractivity contribution in [3.05, 3.63) is 53.6 Å². The molecule has 1 saturated heterocycles. The van der Waals surface area contributed by atoms with Gasteiger partial charge in [0.25, 0.3) is 11.8 Å². The normalized spacial score (nSPS) is 19.6. The number of aromatic nitrogens is 2. The molecule has 2 heterocycles. The summed E-state index contributed by atoms with van der Waals surface area (Å²) in [5, 5.41) is 13.9. The van der Waals surface area contributed by atoms with E-state index < -0.39 is 65.9 Å². The van der Waals surface area contributed by atoms with Crippen LogP contribution in [-0.4, -0.2) is 65.7 Å². The van der Waals surface area contributed by atoms with Crippen molar-refractivity contribution in [2.24, 2.45) is 5.92 Å². The summed E-state index contributed by atoms with van der Waals surface area (Å²) in [6.45, 7) is 0.340. The molecule has 2 atom stereocenters. The summed E-state index contributed by atoms with van der Waals surface area (Å²) in [4.78, 5) is 21.6. The molecule has 1 amide bonds. The molecular formula is C24H26F6N6O2. The highest BCUT2D eigenvalue weighted by atomic mass is 19.4. The molecule has 2 aromatic rings. The molecule has 0 aliphatic carbocycles. The second-order valence-electron chi connectivity index (χ2n) is 8.76. The molecule has 1 aromatic heterocycles. The minimum Gasteiger partial charge on any atom is -0.480 e. The second-order valence-corrected chi connectivity index (χ2v) is 8.76. The number of halogens is 6. The number of piperidine rings is 1. The SMILES string of the molecule is CN/C=C(\C(=N)C(=O)N1CC(F)(F)CC(C)[C@H]1CNc1ncc(C(F)(F)F)c(OC)n1)c1ccc(F)cc1. The molecule has 14 heteroatoms. The molecule has 3 rings (SSSR count). The summed E-state index contributed by atoms with van der Waals surface area (Å²) in [6, 6.07) is 4.09. The van der Waals surface area contributed by atoms with E-state index in [0.717, 1.165) is 24.1 Å². The van der Waals surface area contributed by atoms with Crippen molar-refractivity contribution in [1.29, 1.82) is 5.41 Å². The van der Waals surface area contributed by atoms with Crippen molar-refractivity contribution in [3.63, 3.8) is 0 Å². The number of hydrogen-bond donors (Lipinski definition) is 3. The van der Waals surface area contributed by atoms with E-state index in [1.165, 1.54) is 32.3 Å². The Bertz CT molecular complexity index is 1200. The van der Waals surface area contributed by atoms with Crippen molar-refractivity contribution in [1.82, 2.24) is 20.2 Å². The Labute approximate surface area is 214 Å². The predicted molar refractivity (Wildman–Crippen MR) is 127 cm³/mol. The highest BCUT2D eigenvalue weighted by Gasteiger charge is 2.47. The number of nitrogens with one attached hydrogen (secondary N) is 3. The number of ether oxygens (including phenoxy) is 1. The van der Waals surface area contributed by atoms with Crippen LogP contribution in [0.1, 0.15) is 24.5 Å². The Morgan fingerprint density at radius 3 is 2.53 bits per heavy atom. The van der Waals surface area contributed by atoms with Crippen molar-refractivity contribution in [2.45, 2.75) is 31.5 Å². The maximum Gasteiger partial charge on any atom is 0.423 e. The number of anilines is 1. The summed E-state index contributed by atoms with van der Waals surface area (Å²) in [7, 11) is 2.53. The number of alkyl halides is 5. The van der Waals surface area contributed by atoms with Crippen molar-refractivity contribution < 1.29 is 35.9 Å². The van der Waals surface area contributed by atoms with Gasteiger partial charge in [-0.2, -0.15) is 18.2 Å². The van der Waals surface area contributed by atoms with Crippen LogP contribution < -0.4 is 15.4 Å². The molecule has 206 valence electrons. The maximum atomic E-state index is 14.5. The molecule has 38 heavy (non-hydrogen) atoms. The zero-order valence-corrected chi connectivity index (χ0v) is 20.7. The fraction of sp³-hybridized carbons (Fsp3) is 0.417. The zero-order chi connectivity index (χ0) is 28.3. The van der Waals surface area contributed by atoms with Crippen molar-refractivity contribution >= 4 is 23.1 Å². The van der Waals surface area contributed by atoms with Gasteiger partial charge in [-0.05, 0) is 23.6 Å². The molecule has 1 aliphatic rings. The van der Waals surface area contributed by atoms with Crippen LogP contribution in [0.5, 0.6) is 5.88 Å². The van der Waals surface area contributed by atoms with Crippen LogP contribution >= 0.6 is 0 Å². The second kappa shape index (κ2) is 11.3. The number of carbonyl (C=O) groups is 1. The van der Waals surface area contributed by atoms with E-state index >= 15 is 0 Å². The van der Waals surface area contributed by atoms with Crippen LogP contribution in [0, 0.1) is 17.1 Å².